The Morgan fingerprint density at radius 3 is 2.33 bits per heavy atom. The van der Waals surface area contributed by atoms with Crippen molar-refractivity contribution in [2.45, 2.75) is 6.92 Å². The normalized spacial score (nSPS) is 10.6. The van der Waals surface area contributed by atoms with Crippen LogP contribution in [0.4, 0.5) is 11.4 Å². The fraction of sp³-hybridized carbons (Fsp3) is 0.0833. The first-order valence-corrected chi connectivity index (χ1v) is 9.39. The van der Waals surface area contributed by atoms with Gasteiger partial charge in [-0.15, -0.1) is 0 Å². The van der Waals surface area contributed by atoms with Crippen LogP contribution >= 0.6 is 0 Å². The number of benzene rings is 3. The first-order chi connectivity index (χ1) is 14.5. The summed E-state index contributed by atoms with van der Waals surface area (Å²) in [6.45, 7) is 1.86. The second-order valence-corrected chi connectivity index (χ2v) is 6.81. The molecule has 150 valence electrons. The molecule has 4 aromatic rings. The molecule has 0 bridgehead atoms. The summed E-state index contributed by atoms with van der Waals surface area (Å²) in [5.74, 6) is 0.375. The van der Waals surface area contributed by atoms with Crippen molar-refractivity contribution < 1.29 is 18.7 Å². The fourth-order valence-electron chi connectivity index (χ4n) is 3.11. The van der Waals surface area contributed by atoms with Crippen molar-refractivity contribution in [3.8, 4) is 5.75 Å². The van der Waals surface area contributed by atoms with Crippen molar-refractivity contribution in [1.29, 1.82) is 0 Å². The lowest BCUT2D eigenvalue weighted by Gasteiger charge is -2.11. The number of amides is 2. The average Bonchev–Trinajstić information content (AvgIpc) is 3.20. The van der Waals surface area contributed by atoms with Gasteiger partial charge in [-0.1, -0.05) is 18.2 Å². The summed E-state index contributed by atoms with van der Waals surface area (Å²) >= 11 is 0. The number of rotatable bonds is 5. The van der Waals surface area contributed by atoms with E-state index in [1.165, 1.54) is 0 Å². The van der Waals surface area contributed by atoms with E-state index in [0.717, 1.165) is 10.9 Å². The van der Waals surface area contributed by atoms with Gasteiger partial charge in [0.25, 0.3) is 11.8 Å². The zero-order valence-corrected chi connectivity index (χ0v) is 16.6. The van der Waals surface area contributed by atoms with Crippen LogP contribution in [0.25, 0.3) is 11.0 Å². The lowest BCUT2D eigenvalue weighted by atomic mass is 10.1. The van der Waals surface area contributed by atoms with E-state index in [2.05, 4.69) is 10.6 Å². The Balaban J connectivity index is 1.45. The predicted molar refractivity (Wildman–Crippen MR) is 116 cm³/mol. The van der Waals surface area contributed by atoms with Crippen LogP contribution in [0.15, 0.2) is 77.2 Å². The number of ether oxygens (including phenoxy) is 1. The van der Waals surface area contributed by atoms with E-state index in [-0.39, 0.29) is 17.6 Å². The molecule has 6 heteroatoms. The molecule has 1 heterocycles. The monoisotopic (exact) mass is 400 g/mol. The highest BCUT2D eigenvalue weighted by molar-refractivity contribution is 6.06. The molecule has 6 nitrogen and oxygen atoms in total. The van der Waals surface area contributed by atoms with Gasteiger partial charge in [-0.2, -0.15) is 0 Å². The highest BCUT2D eigenvalue weighted by Crippen LogP contribution is 2.23. The Hall–Kier alpha value is -4.06. The molecule has 0 atom stereocenters. The van der Waals surface area contributed by atoms with Gasteiger partial charge in [0.2, 0.25) is 0 Å². The molecule has 0 saturated carbocycles. The quantitative estimate of drug-likeness (QED) is 0.479. The molecular formula is C24H20N2O4. The van der Waals surface area contributed by atoms with E-state index in [4.69, 9.17) is 9.15 Å². The van der Waals surface area contributed by atoms with Crippen molar-refractivity contribution in [2.75, 3.05) is 17.7 Å². The van der Waals surface area contributed by atoms with Crippen molar-refractivity contribution >= 4 is 34.2 Å². The SMILES string of the molecule is COc1ccc(C(=O)Nc2ccc(NC(=O)c3cc4ccccc4o3)c(C)c2)cc1. The number of nitrogens with one attached hydrogen (secondary N) is 2. The van der Waals surface area contributed by atoms with Crippen molar-refractivity contribution in [1.82, 2.24) is 0 Å². The van der Waals surface area contributed by atoms with Gasteiger partial charge in [0, 0.05) is 22.3 Å². The molecule has 0 fully saturated rings. The van der Waals surface area contributed by atoms with E-state index < -0.39 is 0 Å². The zero-order valence-electron chi connectivity index (χ0n) is 16.6. The number of para-hydroxylation sites is 1. The van der Waals surface area contributed by atoms with E-state index in [9.17, 15) is 9.59 Å². The number of furan rings is 1. The van der Waals surface area contributed by atoms with Gasteiger partial charge in [0.1, 0.15) is 11.3 Å². The fourth-order valence-corrected chi connectivity index (χ4v) is 3.11. The van der Waals surface area contributed by atoms with Crippen LogP contribution in [0.3, 0.4) is 0 Å². The van der Waals surface area contributed by atoms with Crippen LogP contribution in [0, 0.1) is 6.92 Å². The van der Waals surface area contributed by atoms with E-state index >= 15 is 0 Å². The second kappa shape index (κ2) is 8.13. The van der Waals surface area contributed by atoms with Gasteiger partial charge in [-0.25, -0.2) is 0 Å². The molecular weight excluding hydrogens is 380 g/mol. The highest BCUT2D eigenvalue weighted by atomic mass is 16.5. The first-order valence-electron chi connectivity index (χ1n) is 9.39. The van der Waals surface area contributed by atoms with Crippen LogP contribution < -0.4 is 15.4 Å². The molecule has 1 aromatic heterocycles. The summed E-state index contributed by atoms with van der Waals surface area (Å²) in [7, 11) is 1.58. The third kappa shape index (κ3) is 4.03. The summed E-state index contributed by atoms with van der Waals surface area (Å²) < 4.78 is 10.7. The number of carbonyl (C=O) groups is 2. The Bertz CT molecular complexity index is 1190. The molecule has 0 spiro atoms. The van der Waals surface area contributed by atoms with Gasteiger partial charge >= 0.3 is 0 Å². The minimum Gasteiger partial charge on any atom is -0.497 e. The molecule has 0 unspecified atom stereocenters. The van der Waals surface area contributed by atoms with Gasteiger partial charge < -0.3 is 19.8 Å². The minimum atomic E-state index is -0.329. The molecule has 2 N–H and O–H groups in total. The number of anilines is 2. The first kappa shape index (κ1) is 19.3. The van der Waals surface area contributed by atoms with Crippen molar-refractivity contribution in [3.05, 3.63) is 89.7 Å². The van der Waals surface area contributed by atoms with E-state index in [1.54, 1.807) is 55.6 Å². The topological polar surface area (TPSA) is 80.6 Å². The maximum Gasteiger partial charge on any atom is 0.291 e. The number of hydrogen-bond acceptors (Lipinski definition) is 4. The minimum absolute atomic E-state index is 0.226. The molecule has 2 amide bonds. The van der Waals surface area contributed by atoms with Gasteiger partial charge in [-0.3, -0.25) is 9.59 Å². The van der Waals surface area contributed by atoms with Gasteiger partial charge in [0.05, 0.1) is 7.11 Å². The Morgan fingerprint density at radius 2 is 1.63 bits per heavy atom. The standard InChI is InChI=1S/C24H20N2O4/c1-15-13-18(25-23(27)16-7-10-19(29-2)11-8-16)9-12-20(15)26-24(28)22-14-17-5-3-4-6-21(17)30-22/h3-14H,1-2H3,(H,25,27)(H,26,28). The Kier molecular flexibility index (Phi) is 5.22. The molecule has 0 aliphatic heterocycles. The molecule has 0 aliphatic rings. The lowest BCUT2D eigenvalue weighted by Crippen LogP contribution is -2.14. The Labute approximate surface area is 173 Å². The van der Waals surface area contributed by atoms with Crippen LogP contribution in [0.2, 0.25) is 0 Å². The summed E-state index contributed by atoms with van der Waals surface area (Å²) in [5, 5.41) is 6.58. The van der Waals surface area contributed by atoms with Crippen LogP contribution in [0.5, 0.6) is 5.75 Å². The van der Waals surface area contributed by atoms with Crippen LogP contribution in [-0.4, -0.2) is 18.9 Å². The van der Waals surface area contributed by atoms with Crippen molar-refractivity contribution in [2.24, 2.45) is 0 Å². The van der Waals surface area contributed by atoms with E-state index in [0.29, 0.717) is 28.3 Å². The van der Waals surface area contributed by atoms with Crippen LogP contribution in [0.1, 0.15) is 26.5 Å². The Morgan fingerprint density at radius 1 is 0.867 bits per heavy atom. The molecule has 0 radical (unpaired) electrons. The third-order valence-corrected chi connectivity index (χ3v) is 4.73. The van der Waals surface area contributed by atoms with E-state index in [1.807, 2.05) is 31.2 Å². The summed E-state index contributed by atoms with van der Waals surface area (Å²) in [6.07, 6.45) is 0. The maximum absolute atomic E-state index is 12.6. The van der Waals surface area contributed by atoms with Gasteiger partial charge in [-0.05, 0) is 67.1 Å². The number of fused-ring (bicyclic) bond motifs is 1. The number of methoxy groups -OCH3 is 1. The summed E-state index contributed by atoms with van der Waals surface area (Å²) in [5.41, 5.74) is 3.27. The number of aryl methyl sites for hydroxylation is 1. The van der Waals surface area contributed by atoms with Crippen molar-refractivity contribution in [3.63, 3.8) is 0 Å². The number of carbonyl (C=O) groups excluding carboxylic acids is 2. The van der Waals surface area contributed by atoms with Gasteiger partial charge in [0.15, 0.2) is 5.76 Å². The highest BCUT2D eigenvalue weighted by Gasteiger charge is 2.14. The molecule has 4 rings (SSSR count). The zero-order chi connectivity index (χ0) is 21.1. The molecule has 3 aromatic carbocycles. The predicted octanol–water partition coefficient (Wildman–Crippen LogP) is 5.25. The second-order valence-electron chi connectivity index (χ2n) is 6.81. The molecule has 0 saturated heterocycles. The summed E-state index contributed by atoms with van der Waals surface area (Å²) in [4.78, 5) is 25.0. The molecule has 0 aliphatic carbocycles. The largest absolute Gasteiger partial charge is 0.497 e. The number of hydrogen-bond donors (Lipinski definition) is 2. The molecule has 30 heavy (non-hydrogen) atoms. The smallest absolute Gasteiger partial charge is 0.291 e. The summed E-state index contributed by atoms with van der Waals surface area (Å²) in [6, 6.07) is 21.3. The van der Waals surface area contributed by atoms with Crippen LogP contribution in [-0.2, 0) is 0 Å². The maximum atomic E-state index is 12.6. The third-order valence-electron chi connectivity index (χ3n) is 4.73. The lowest BCUT2D eigenvalue weighted by molar-refractivity contribution is 0.0996. The average molecular weight is 400 g/mol.